The van der Waals surface area contributed by atoms with Crippen molar-refractivity contribution >= 4 is 17.8 Å². The molecular formula is C20H16N4O5. The number of fused-ring (bicyclic) bond motifs is 1. The Morgan fingerprint density at radius 1 is 1.14 bits per heavy atom. The highest BCUT2D eigenvalue weighted by Crippen LogP contribution is 2.30. The highest BCUT2D eigenvalue weighted by molar-refractivity contribution is 5.84. The van der Waals surface area contributed by atoms with E-state index in [1.807, 2.05) is 6.07 Å². The minimum absolute atomic E-state index is 0.0136. The van der Waals surface area contributed by atoms with E-state index in [4.69, 9.17) is 9.47 Å². The van der Waals surface area contributed by atoms with Crippen molar-refractivity contribution in [2.45, 2.75) is 6.10 Å². The third-order valence-corrected chi connectivity index (χ3v) is 4.29. The van der Waals surface area contributed by atoms with Crippen LogP contribution in [0.15, 0.2) is 72.0 Å². The highest BCUT2D eigenvalue weighted by Gasteiger charge is 2.27. The van der Waals surface area contributed by atoms with Crippen LogP contribution in [0.5, 0.6) is 11.5 Å². The summed E-state index contributed by atoms with van der Waals surface area (Å²) in [6, 6.07) is 16.9. The number of amides is 1. The Morgan fingerprint density at radius 3 is 2.66 bits per heavy atom. The first-order chi connectivity index (χ1) is 14.1. The van der Waals surface area contributed by atoms with Crippen molar-refractivity contribution in [3.8, 4) is 17.2 Å². The van der Waals surface area contributed by atoms with E-state index in [-0.39, 0.29) is 12.3 Å². The number of hydrazone groups is 1. The maximum Gasteiger partial charge on any atom is 0.284 e. The summed E-state index contributed by atoms with van der Waals surface area (Å²) < 4.78 is 12.9. The van der Waals surface area contributed by atoms with Crippen LogP contribution in [-0.2, 0) is 4.79 Å². The van der Waals surface area contributed by atoms with Crippen LogP contribution in [0.2, 0.25) is 0 Å². The van der Waals surface area contributed by atoms with Crippen molar-refractivity contribution in [1.29, 1.82) is 0 Å². The van der Waals surface area contributed by atoms with E-state index in [2.05, 4.69) is 10.5 Å². The van der Waals surface area contributed by atoms with Crippen LogP contribution < -0.4 is 14.9 Å². The van der Waals surface area contributed by atoms with E-state index < -0.39 is 16.9 Å². The second-order valence-corrected chi connectivity index (χ2v) is 6.18. The SMILES string of the molecule is O=C(N/N=C\c1cccn1-c1ccc([N+](=O)[O-])cc1)[C@@H]1COc2ccccc2O1. The molecule has 1 aliphatic rings. The van der Waals surface area contributed by atoms with Crippen LogP contribution in [-0.4, -0.2) is 34.3 Å². The highest BCUT2D eigenvalue weighted by atomic mass is 16.6. The second kappa shape index (κ2) is 7.85. The minimum Gasteiger partial charge on any atom is -0.485 e. The number of carbonyl (C=O) groups excluding carboxylic acids is 1. The quantitative estimate of drug-likeness (QED) is 0.408. The summed E-state index contributed by atoms with van der Waals surface area (Å²) in [5.41, 5.74) is 3.88. The van der Waals surface area contributed by atoms with Gasteiger partial charge in [-0.2, -0.15) is 5.10 Å². The number of ether oxygens (including phenoxy) is 2. The zero-order chi connectivity index (χ0) is 20.2. The third-order valence-electron chi connectivity index (χ3n) is 4.29. The fourth-order valence-electron chi connectivity index (χ4n) is 2.85. The molecule has 1 aliphatic heterocycles. The number of hydrogen-bond acceptors (Lipinski definition) is 6. The first kappa shape index (κ1) is 18.2. The summed E-state index contributed by atoms with van der Waals surface area (Å²) in [7, 11) is 0. The minimum atomic E-state index is -0.802. The van der Waals surface area contributed by atoms with Crippen LogP contribution in [0.3, 0.4) is 0 Å². The van der Waals surface area contributed by atoms with Crippen molar-refractivity contribution in [3.05, 3.63) is 82.7 Å². The summed E-state index contributed by atoms with van der Waals surface area (Å²) in [4.78, 5) is 22.6. The number of non-ortho nitro benzene ring substituents is 1. The molecule has 0 aliphatic carbocycles. The Labute approximate surface area is 165 Å². The van der Waals surface area contributed by atoms with E-state index in [0.717, 1.165) is 5.69 Å². The van der Waals surface area contributed by atoms with Gasteiger partial charge in [0, 0.05) is 24.0 Å². The molecule has 1 aromatic heterocycles. The number of rotatable bonds is 5. The number of nitro groups is 1. The van der Waals surface area contributed by atoms with Gasteiger partial charge in [-0.3, -0.25) is 14.9 Å². The number of benzene rings is 2. The molecule has 3 aromatic rings. The van der Waals surface area contributed by atoms with Crippen molar-refractivity contribution in [2.24, 2.45) is 5.10 Å². The summed E-state index contributed by atoms with van der Waals surface area (Å²) in [5.74, 6) is 0.681. The molecule has 4 rings (SSSR count). The lowest BCUT2D eigenvalue weighted by Gasteiger charge is -2.24. The monoisotopic (exact) mass is 392 g/mol. The first-order valence-corrected chi connectivity index (χ1v) is 8.75. The molecule has 0 saturated heterocycles. The van der Waals surface area contributed by atoms with E-state index in [1.165, 1.54) is 18.3 Å². The zero-order valence-corrected chi connectivity index (χ0v) is 15.1. The van der Waals surface area contributed by atoms with Gasteiger partial charge in [0.15, 0.2) is 11.5 Å². The van der Waals surface area contributed by atoms with E-state index in [9.17, 15) is 14.9 Å². The molecule has 2 heterocycles. The van der Waals surface area contributed by atoms with Gasteiger partial charge in [0.1, 0.15) is 6.61 Å². The second-order valence-electron chi connectivity index (χ2n) is 6.18. The summed E-state index contributed by atoms with van der Waals surface area (Å²) in [5, 5.41) is 14.8. The van der Waals surface area contributed by atoms with E-state index in [1.54, 1.807) is 53.2 Å². The molecule has 0 saturated carbocycles. The Kier molecular flexibility index (Phi) is 4.93. The van der Waals surface area contributed by atoms with E-state index in [0.29, 0.717) is 17.2 Å². The molecule has 146 valence electrons. The molecule has 0 bridgehead atoms. The number of para-hydroxylation sites is 2. The molecule has 2 aromatic carbocycles. The first-order valence-electron chi connectivity index (χ1n) is 8.75. The Bertz CT molecular complexity index is 1070. The van der Waals surface area contributed by atoms with Crippen LogP contribution in [0, 0.1) is 10.1 Å². The fourth-order valence-corrected chi connectivity index (χ4v) is 2.85. The normalized spacial score (nSPS) is 15.2. The van der Waals surface area contributed by atoms with E-state index >= 15 is 0 Å². The summed E-state index contributed by atoms with van der Waals surface area (Å²) >= 11 is 0. The lowest BCUT2D eigenvalue weighted by molar-refractivity contribution is -0.384. The molecule has 0 unspecified atom stereocenters. The molecule has 0 fully saturated rings. The maximum absolute atomic E-state index is 12.3. The molecule has 1 amide bonds. The zero-order valence-electron chi connectivity index (χ0n) is 15.1. The fraction of sp³-hybridized carbons (Fsp3) is 0.100. The standard InChI is InChI=1S/C20H16N4O5/c25-20(19-13-28-17-5-1-2-6-18(17)29-19)22-21-12-16-4-3-11-23(16)14-7-9-15(10-8-14)24(26)27/h1-12,19H,13H2,(H,22,25)/b21-12-/t19-/m0/s1. The Hall–Kier alpha value is -4.14. The number of carbonyl (C=O) groups is 1. The van der Waals surface area contributed by atoms with Crippen molar-refractivity contribution in [1.82, 2.24) is 9.99 Å². The Morgan fingerprint density at radius 2 is 1.90 bits per heavy atom. The summed E-state index contributed by atoms with van der Waals surface area (Å²) in [6.07, 6.45) is 2.47. The van der Waals surface area contributed by atoms with Crippen LogP contribution in [0.4, 0.5) is 5.69 Å². The van der Waals surface area contributed by atoms with Gasteiger partial charge in [-0.25, -0.2) is 5.43 Å². The molecule has 0 spiro atoms. The van der Waals surface area contributed by atoms with Gasteiger partial charge in [0.25, 0.3) is 11.6 Å². The third kappa shape index (κ3) is 3.93. The predicted molar refractivity (Wildman–Crippen MR) is 105 cm³/mol. The predicted octanol–water partition coefficient (Wildman–Crippen LogP) is 2.68. The number of nitro benzene ring substituents is 1. The lowest BCUT2D eigenvalue weighted by atomic mass is 10.2. The van der Waals surface area contributed by atoms with Crippen molar-refractivity contribution < 1.29 is 19.2 Å². The van der Waals surface area contributed by atoms with Crippen LogP contribution in [0.1, 0.15) is 5.69 Å². The van der Waals surface area contributed by atoms with Gasteiger partial charge < -0.3 is 14.0 Å². The number of aromatic nitrogens is 1. The van der Waals surface area contributed by atoms with Gasteiger partial charge in [-0.15, -0.1) is 0 Å². The summed E-state index contributed by atoms with van der Waals surface area (Å²) in [6.45, 7) is 0.0948. The molecule has 1 atom stereocenters. The number of nitrogens with zero attached hydrogens (tertiary/aromatic N) is 3. The number of nitrogens with one attached hydrogen (secondary N) is 1. The maximum atomic E-state index is 12.3. The van der Waals surface area contributed by atoms with Gasteiger partial charge in [0.2, 0.25) is 6.10 Å². The smallest absolute Gasteiger partial charge is 0.284 e. The lowest BCUT2D eigenvalue weighted by Crippen LogP contribution is -2.42. The van der Waals surface area contributed by atoms with Crippen LogP contribution >= 0.6 is 0 Å². The molecule has 0 radical (unpaired) electrons. The van der Waals surface area contributed by atoms with Gasteiger partial charge in [0.05, 0.1) is 16.8 Å². The van der Waals surface area contributed by atoms with Crippen molar-refractivity contribution in [3.63, 3.8) is 0 Å². The molecule has 9 heteroatoms. The molecular weight excluding hydrogens is 376 g/mol. The number of hydrogen-bond donors (Lipinski definition) is 1. The van der Waals surface area contributed by atoms with Crippen LogP contribution in [0.25, 0.3) is 5.69 Å². The Balaban J connectivity index is 1.41. The molecule has 29 heavy (non-hydrogen) atoms. The average Bonchev–Trinajstić information content (AvgIpc) is 3.22. The van der Waals surface area contributed by atoms with Gasteiger partial charge in [-0.05, 0) is 36.4 Å². The topological polar surface area (TPSA) is 108 Å². The van der Waals surface area contributed by atoms with Gasteiger partial charge >= 0.3 is 0 Å². The van der Waals surface area contributed by atoms with Crippen molar-refractivity contribution in [2.75, 3.05) is 6.61 Å². The largest absolute Gasteiger partial charge is 0.485 e. The molecule has 1 N–H and O–H groups in total. The molecule has 9 nitrogen and oxygen atoms in total. The average molecular weight is 392 g/mol. The van der Waals surface area contributed by atoms with Gasteiger partial charge in [-0.1, -0.05) is 12.1 Å².